The molecule has 1 amide bonds. The second kappa shape index (κ2) is 6.16. The Morgan fingerprint density at radius 3 is 2.80 bits per heavy atom. The number of hydrogen-bond acceptors (Lipinski definition) is 4. The predicted octanol–water partition coefficient (Wildman–Crippen LogP) is -0.0119. The quantitative estimate of drug-likeness (QED) is 0.688. The van der Waals surface area contributed by atoms with Crippen molar-refractivity contribution < 1.29 is 19.8 Å². The van der Waals surface area contributed by atoms with Gasteiger partial charge in [-0.1, -0.05) is 12.1 Å². The number of aliphatic hydroxyl groups is 1. The summed E-state index contributed by atoms with van der Waals surface area (Å²) in [7, 11) is 0. The van der Waals surface area contributed by atoms with Crippen molar-refractivity contribution in [1.29, 1.82) is 0 Å². The van der Waals surface area contributed by atoms with Gasteiger partial charge >= 0.3 is 5.97 Å². The Labute approximate surface area is 114 Å². The number of rotatable bonds is 6. The maximum atomic E-state index is 11.8. The van der Waals surface area contributed by atoms with Crippen LogP contribution in [0.4, 0.5) is 0 Å². The molecule has 0 aliphatic carbocycles. The van der Waals surface area contributed by atoms with Gasteiger partial charge in [0.2, 0.25) is 5.91 Å². The molecular weight excluding hydrogens is 262 g/mol. The minimum atomic E-state index is -1.16. The number of fused-ring (bicyclic) bond motifs is 1. The van der Waals surface area contributed by atoms with Crippen molar-refractivity contribution in [2.75, 3.05) is 6.61 Å². The third kappa shape index (κ3) is 3.12. The fourth-order valence-corrected chi connectivity index (χ4v) is 1.92. The van der Waals surface area contributed by atoms with E-state index in [-0.39, 0.29) is 19.6 Å². The van der Waals surface area contributed by atoms with Crippen molar-refractivity contribution in [3.05, 3.63) is 30.6 Å². The van der Waals surface area contributed by atoms with Crippen LogP contribution in [0.25, 0.3) is 11.0 Å². The average Bonchev–Trinajstić information content (AvgIpc) is 2.81. The minimum absolute atomic E-state index is 0.0181. The van der Waals surface area contributed by atoms with E-state index in [1.54, 1.807) is 4.57 Å². The van der Waals surface area contributed by atoms with Crippen molar-refractivity contribution in [2.24, 2.45) is 0 Å². The largest absolute Gasteiger partial charge is 0.480 e. The Kier molecular flexibility index (Phi) is 4.31. The molecule has 0 radical (unpaired) electrons. The van der Waals surface area contributed by atoms with E-state index in [9.17, 15) is 9.59 Å². The van der Waals surface area contributed by atoms with Crippen LogP contribution in [0, 0.1) is 0 Å². The highest BCUT2D eigenvalue weighted by molar-refractivity contribution is 5.84. The highest BCUT2D eigenvalue weighted by Crippen LogP contribution is 2.11. The second-order valence-electron chi connectivity index (χ2n) is 4.33. The summed E-state index contributed by atoms with van der Waals surface area (Å²) < 4.78 is 1.64. The minimum Gasteiger partial charge on any atom is -0.480 e. The molecule has 1 heterocycles. The number of para-hydroxylation sites is 2. The molecule has 1 unspecified atom stereocenters. The van der Waals surface area contributed by atoms with E-state index in [2.05, 4.69) is 10.3 Å². The van der Waals surface area contributed by atoms with Gasteiger partial charge in [-0.15, -0.1) is 0 Å². The van der Waals surface area contributed by atoms with Gasteiger partial charge in [0.05, 0.1) is 17.4 Å². The highest BCUT2D eigenvalue weighted by atomic mass is 16.4. The van der Waals surface area contributed by atoms with Gasteiger partial charge in [0.1, 0.15) is 12.6 Å². The summed E-state index contributed by atoms with van der Waals surface area (Å²) in [6.45, 7) is -0.318. The van der Waals surface area contributed by atoms with Gasteiger partial charge in [0.15, 0.2) is 0 Å². The number of carboxylic acids is 1. The van der Waals surface area contributed by atoms with Crippen LogP contribution in [-0.4, -0.2) is 44.3 Å². The molecule has 106 valence electrons. The van der Waals surface area contributed by atoms with E-state index in [4.69, 9.17) is 10.2 Å². The van der Waals surface area contributed by atoms with Crippen LogP contribution in [0.1, 0.15) is 6.42 Å². The number of imidazole rings is 1. The molecule has 0 saturated carbocycles. The maximum absolute atomic E-state index is 11.8. The van der Waals surface area contributed by atoms with Crippen LogP contribution < -0.4 is 5.32 Å². The molecular formula is C13H15N3O4. The summed E-state index contributed by atoms with van der Waals surface area (Å²) in [5.41, 5.74) is 1.57. The van der Waals surface area contributed by atoms with Gasteiger partial charge in [-0.2, -0.15) is 0 Å². The van der Waals surface area contributed by atoms with E-state index < -0.39 is 17.9 Å². The zero-order chi connectivity index (χ0) is 14.5. The number of carbonyl (C=O) groups excluding carboxylic acids is 1. The Morgan fingerprint density at radius 1 is 1.35 bits per heavy atom. The lowest BCUT2D eigenvalue weighted by molar-refractivity contribution is -0.142. The molecule has 1 atom stereocenters. The van der Waals surface area contributed by atoms with Crippen LogP contribution in [0.2, 0.25) is 0 Å². The molecule has 1 aromatic carbocycles. The third-order valence-corrected chi connectivity index (χ3v) is 2.89. The number of hydrogen-bond donors (Lipinski definition) is 3. The Bertz CT molecular complexity index is 623. The zero-order valence-corrected chi connectivity index (χ0v) is 10.7. The van der Waals surface area contributed by atoms with Gasteiger partial charge in [-0.3, -0.25) is 4.79 Å². The number of benzene rings is 1. The second-order valence-corrected chi connectivity index (χ2v) is 4.33. The third-order valence-electron chi connectivity index (χ3n) is 2.89. The number of nitrogens with one attached hydrogen (secondary N) is 1. The van der Waals surface area contributed by atoms with Gasteiger partial charge in [-0.25, -0.2) is 9.78 Å². The number of carboxylic acid groups (broad SMARTS) is 1. The van der Waals surface area contributed by atoms with E-state index in [0.29, 0.717) is 0 Å². The Morgan fingerprint density at radius 2 is 2.10 bits per heavy atom. The molecule has 3 N–H and O–H groups in total. The van der Waals surface area contributed by atoms with Gasteiger partial charge in [-0.05, 0) is 12.1 Å². The topological polar surface area (TPSA) is 104 Å². The van der Waals surface area contributed by atoms with Crippen molar-refractivity contribution in [3.63, 3.8) is 0 Å². The summed E-state index contributed by atoms with van der Waals surface area (Å²) in [5.74, 6) is -1.60. The maximum Gasteiger partial charge on any atom is 0.326 e. The van der Waals surface area contributed by atoms with Gasteiger partial charge in [0, 0.05) is 13.0 Å². The van der Waals surface area contributed by atoms with Crippen molar-refractivity contribution in [1.82, 2.24) is 14.9 Å². The number of nitrogens with zero attached hydrogens (tertiary/aromatic N) is 2. The van der Waals surface area contributed by atoms with Crippen molar-refractivity contribution >= 4 is 22.9 Å². The van der Waals surface area contributed by atoms with Gasteiger partial charge < -0.3 is 20.1 Å². The molecule has 2 rings (SSSR count). The van der Waals surface area contributed by atoms with E-state index in [0.717, 1.165) is 11.0 Å². The first kappa shape index (κ1) is 14.0. The summed E-state index contributed by atoms with van der Waals surface area (Å²) in [6, 6.07) is 6.27. The molecule has 1 aromatic heterocycles. The monoisotopic (exact) mass is 277 g/mol. The van der Waals surface area contributed by atoms with Crippen molar-refractivity contribution in [3.8, 4) is 0 Å². The lowest BCUT2D eigenvalue weighted by atomic mass is 10.2. The molecule has 0 aliphatic rings. The fourth-order valence-electron chi connectivity index (χ4n) is 1.92. The molecule has 2 aromatic rings. The first-order valence-corrected chi connectivity index (χ1v) is 6.14. The summed E-state index contributed by atoms with van der Waals surface area (Å²) >= 11 is 0. The van der Waals surface area contributed by atoms with E-state index >= 15 is 0 Å². The standard InChI is InChI=1S/C13H15N3O4/c17-6-5-10(13(19)20)15-12(18)7-16-8-14-9-3-1-2-4-11(9)16/h1-4,8,10,17H,5-7H2,(H,15,18)(H,19,20). The SMILES string of the molecule is O=C(Cn1cnc2ccccc21)NC(CCO)C(=O)O. The lowest BCUT2D eigenvalue weighted by Gasteiger charge is -2.13. The zero-order valence-electron chi connectivity index (χ0n) is 10.7. The number of amides is 1. The van der Waals surface area contributed by atoms with Crippen LogP contribution in [0.3, 0.4) is 0 Å². The fraction of sp³-hybridized carbons (Fsp3) is 0.308. The number of aromatic nitrogens is 2. The molecule has 0 spiro atoms. The average molecular weight is 277 g/mol. The molecule has 7 nitrogen and oxygen atoms in total. The summed E-state index contributed by atoms with van der Waals surface area (Å²) in [6.07, 6.45) is 1.51. The Hall–Kier alpha value is -2.41. The summed E-state index contributed by atoms with van der Waals surface area (Å²) in [4.78, 5) is 26.9. The van der Waals surface area contributed by atoms with Crippen LogP contribution in [0.15, 0.2) is 30.6 Å². The number of aliphatic carboxylic acids is 1. The highest BCUT2D eigenvalue weighted by Gasteiger charge is 2.19. The summed E-state index contributed by atoms with van der Waals surface area (Å²) in [5, 5.41) is 20.0. The molecule has 0 fully saturated rings. The van der Waals surface area contributed by atoms with E-state index in [1.165, 1.54) is 6.33 Å². The smallest absolute Gasteiger partial charge is 0.326 e. The first-order chi connectivity index (χ1) is 9.61. The Balaban J connectivity index is 2.06. The van der Waals surface area contributed by atoms with Crippen LogP contribution in [-0.2, 0) is 16.1 Å². The molecule has 0 aliphatic heterocycles. The lowest BCUT2D eigenvalue weighted by Crippen LogP contribution is -2.42. The van der Waals surface area contributed by atoms with Crippen LogP contribution >= 0.6 is 0 Å². The molecule has 0 bridgehead atoms. The normalized spacial score (nSPS) is 12.2. The predicted molar refractivity (Wildman–Crippen MR) is 71.0 cm³/mol. The van der Waals surface area contributed by atoms with Crippen LogP contribution in [0.5, 0.6) is 0 Å². The van der Waals surface area contributed by atoms with Crippen molar-refractivity contribution in [2.45, 2.75) is 19.0 Å². The molecule has 7 heteroatoms. The first-order valence-electron chi connectivity index (χ1n) is 6.14. The van der Waals surface area contributed by atoms with Gasteiger partial charge in [0.25, 0.3) is 0 Å². The molecule has 0 saturated heterocycles. The number of aliphatic hydroxyl groups excluding tert-OH is 1. The number of carbonyl (C=O) groups is 2. The van der Waals surface area contributed by atoms with E-state index in [1.807, 2.05) is 24.3 Å². The molecule has 20 heavy (non-hydrogen) atoms.